The normalized spacial score (nSPS) is 41.2. The first-order valence-electron chi connectivity index (χ1n) is 13.0. The zero-order valence-electron chi connectivity index (χ0n) is 22.4. The van der Waals surface area contributed by atoms with Crippen molar-refractivity contribution in [2.24, 2.45) is 40.4 Å². The van der Waals surface area contributed by atoms with Crippen molar-refractivity contribution in [2.45, 2.75) is 58.7 Å². The van der Waals surface area contributed by atoms with Crippen LogP contribution >= 0.6 is 11.8 Å². The Balaban J connectivity index is 0.000000317. The van der Waals surface area contributed by atoms with Gasteiger partial charge in [0.05, 0.1) is 19.5 Å². The molecule has 9 heteroatoms. The number of rotatable bonds is 3. The summed E-state index contributed by atoms with van der Waals surface area (Å²) in [5.41, 5.74) is -2.72. The molecule has 3 fully saturated rings. The van der Waals surface area contributed by atoms with Crippen molar-refractivity contribution in [3.63, 3.8) is 0 Å². The molecule has 1 heterocycles. The molecule has 9 atom stereocenters. The molecule has 1 N–H and O–H groups in total. The highest BCUT2D eigenvalue weighted by Crippen LogP contribution is 2.70. The van der Waals surface area contributed by atoms with Gasteiger partial charge in [-0.3, -0.25) is 9.59 Å². The highest BCUT2D eigenvalue weighted by atomic mass is 32.2. The molecule has 0 spiro atoms. The second-order valence-electron chi connectivity index (χ2n) is 11.6. The number of hydrogen-bond donors (Lipinski definition) is 1. The molecule has 3 saturated carbocycles. The van der Waals surface area contributed by atoms with Gasteiger partial charge < -0.3 is 14.3 Å². The number of allylic oxidation sites excluding steroid dienone is 4. The number of carbonyl (C=O) groups is 3. The zero-order valence-corrected chi connectivity index (χ0v) is 23.2. The van der Waals surface area contributed by atoms with E-state index in [-0.39, 0.29) is 46.8 Å². The molecule has 0 radical (unpaired) electrons. The van der Waals surface area contributed by atoms with E-state index in [9.17, 15) is 23.9 Å². The minimum Gasteiger partial charge on any atom is -0.463 e. The summed E-state index contributed by atoms with van der Waals surface area (Å²) in [4.78, 5) is 35.3. The minimum absolute atomic E-state index is 0.0163. The van der Waals surface area contributed by atoms with Gasteiger partial charge in [-0.1, -0.05) is 44.2 Å². The quantitative estimate of drug-likeness (QED) is 0.481. The van der Waals surface area contributed by atoms with E-state index in [1.807, 2.05) is 20.8 Å². The summed E-state index contributed by atoms with van der Waals surface area (Å²) in [5, 5.41) is 11.1. The van der Waals surface area contributed by atoms with Crippen molar-refractivity contribution in [3.05, 3.63) is 48.0 Å². The number of halogens is 2. The maximum atomic E-state index is 17.0. The van der Waals surface area contributed by atoms with Crippen LogP contribution < -0.4 is 0 Å². The maximum absolute atomic E-state index is 17.0. The molecule has 6 nitrogen and oxygen atoms in total. The third-order valence-corrected chi connectivity index (χ3v) is 10.3. The number of aliphatic hydroxyl groups excluding tert-OH is 1. The van der Waals surface area contributed by atoms with Crippen molar-refractivity contribution in [1.82, 2.24) is 0 Å². The van der Waals surface area contributed by atoms with Gasteiger partial charge in [0, 0.05) is 17.3 Å². The van der Waals surface area contributed by atoms with Gasteiger partial charge in [-0.05, 0) is 73.6 Å². The topological polar surface area (TPSA) is 93.8 Å². The van der Waals surface area contributed by atoms with Crippen LogP contribution in [0.5, 0.6) is 0 Å². The molecule has 4 aliphatic carbocycles. The molecule has 1 aromatic rings. The minimum atomic E-state index is -1.89. The van der Waals surface area contributed by atoms with Gasteiger partial charge in [-0.2, -0.15) is 0 Å². The van der Waals surface area contributed by atoms with E-state index >= 15 is 4.39 Å². The Hall–Kier alpha value is -2.26. The molecule has 0 amide bonds. The Labute approximate surface area is 226 Å². The average Bonchev–Trinajstić information content (AvgIpc) is 3.49. The smallest absolute Gasteiger partial charge is 0.373 e. The SMILES string of the molecule is COC(=O)c1ccco1.C[C@@H]1CC2C3C[C@H](C)C4=CC(=O)C=CC4(C)[C@@]3(F)C(O)CC2(C)C1C(=O)SCF. The summed E-state index contributed by atoms with van der Waals surface area (Å²) >= 11 is 0.696. The fraction of sp³-hybridized carbons (Fsp3) is 0.621. The van der Waals surface area contributed by atoms with E-state index in [1.54, 1.807) is 31.2 Å². The number of furan rings is 1. The summed E-state index contributed by atoms with van der Waals surface area (Å²) < 4.78 is 39.0. The molecule has 208 valence electrons. The van der Waals surface area contributed by atoms with Gasteiger partial charge in [-0.25, -0.2) is 13.6 Å². The van der Waals surface area contributed by atoms with Crippen LogP contribution in [0.1, 0.15) is 57.5 Å². The van der Waals surface area contributed by atoms with Crippen LogP contribution in [0.3, 0.4) is 0 Å². The number of carbonyl (C=O) groups excluding carboxylic acids is 3. The number of methoxy groups -OCH3 is 1. The van der Waals surface area contributed by atoms with Crippen LogP contribution in [-0.2, 0) is 14.3 Å². The Bertz CT molecular complexity index is 1150. The third kappa shape index (κ3) is 4.30. The first-order valence-corrected chi connectivity index (χ1v) is 14.0. The number of aliphatic hydroxyl groups is 1. The van der Waals surface area contributed by atoms with E-state index in [0.29, 0.717) is 24.6 Å². The Kier molecular flexibility index (Phi) is 7.85. The number of ether oxygens (including phenoxy) is 1. The highest BCUT2D eigenvalue weighted by molar-refractivity contribution is 8.13. The van der Waals surface area contributed by atoms with Crippen LogP contribution in [0.15, 0.2) is 46.6 Å². The third-order valence-electron chi connectivity index (χ3n) is 9.67. The van der Waals surface area contributed by atoms with Crippen LogP contribution in [0, 0.1) is 40.4 Å². The molecule has 0 bridgehead atoms. The number of alkyl halides is 2. The zero-order chi connectivity index (χ0) is 28.0. The first kappa shape index (κ1) is 28.7. The van der Waals surface area contributed by atoms with Crippen LogP contribution in [-0.4, -0.2) is 46.9 Å². The van der Waals surface area contributed by atoms with E-state index in [2.05, 4.69) is 4.74 Å². The molecule has 38 heavy (non-hydrogen) atoms. The lowest BCUT2D eigenvalue weighted by molar-refractivity contribution is -0.199. The van der Waals surface area contributed by atoms with E-state index in [4.69, 9.17) is 4.42 Å². The Morgan fingerprint density at radius 1 is 1.24 bits per heavy atom. The summed E-state index contributed by atoms with van der Waals surface area (Å²) in [6, 6.07) is 2.42. The number of ketones is 1. The standard InChI is InChI=1S/C23H30F2O3S.C6H6O3/c1-12-7-17-16-8-13(2)19(20(28)29-11-24)21(16,3)10-18(27)23(17,25)22(4)6-5-14(26)9-15(12)22;1-8-6(7)5-3-2-4-9-5/h5-6,9,12-13,16-19,27H,7-8,10-11H2,1-4H3;2-4H,1H3/t12-,13+,16?,17?,18?,19?,21?,22?,23-;/m0./s1. The fourth-order valence-electron chi connectivity index (χ4n) is 8.11. The maximum Gasteiger partial charge on any atom is 0.373 e. The molecular formula is C29H36F2O6S. The van der Waals surface area contributed by atoms with E-state index in [1.165, 1.54) is 19.4 Å². The number of esters is 1. The average molecular weight is 551 g/mol. The Morgan fingerprint density at radius 3 is 2.55 bits per heavy atom. The van der Waals surface area contributed by atoms with Crippen LogP contribution in [0.25, 0.3) is 0 Å². The van der Waals surface area contributed by atoms with Gasteiger partial charge in [0.1, 0.15) is 6.01 Å². The van der Waals surface area contributed by atoms with Gasteiger partial charge in [0.25, 0.3) is 0 Å². The molecule has 6 unspecified atom stereocenters. The van der Waals surface area contributed by atoms with E-state index in [0.717, 1.165) is 5.57 Å². The first-order chi connectivity index (χ1) is 17.8. The summed E-state index contributed by atoms with van der Waals surface area (Å²) in [5.74, 6) is -1.16. The lowest BCUT2D eigenvalue weighted by atomic mass is 9.44. The van der Waals surface area contributed by atoms with Crippen molar-refractivity contribution < 1.29 is 37.4 Å². The second kappa shape index (κ2) is 10.4. The summed E-state index contributed by atoms with van der Waals surface area (Å²) in [6.07, 6.45) is 6.21. The fourth-order valence-corrected chi connectivity index (χ4v) is 8.90. The van der Waals surface area contributed by atoms with E-state index < -0.39 is 40.5 Å². The molecule has 1 aromatic heterocycles. The molecule has 5 rings (SSSR count). The van der Waals surface area contributed by atoms with Crippen molar-refractivity contribution in [1.29, 1.82) is 0 Å². The van der Waals surface area contributed by atoms with Crippen molar-refractivity contribution in [3.8, 4) is 0 Å². The lowest BCUT2D eigenvalue weighted by Gasteiger charge is -2.63. The Morgan fingerprint density at radius 2 is 1.95 bits per heavy atom. The molecular weight excluding hydrogens is 514 g/mol. The van der Waals surface area contributed by atoms with Crippen LogP contribution in [0.4, 0.5) is 8.78 Å². The highest BCUT2D eigenvalue weighted by Gasteiger charge is 2.72. The summed E-state index contributed by atoms with van der Waals surface area (Å²) in [7, 11) is 1.31. The molecule has 0 saturated heterocycles. The number of thioether (sulfide) groups is 1. The number of fused-ring (bicyclic) bond motifs is 5. The predicted molar refractivity (Wildman–Crippen MR) is 140 cm³/mol. The largest absolute Gasteiger partial charge is 0.463 e. The second-order valence-corrected chi connectivity index (χ2v) is 12.5. The lowest BCUT2D eigenvalue weighted by Crippen LogP contribution is -2.67. The number of hydrogen-bond acceptors (Lipinski definition) is 7. The van der Waals surface area contributed by atoms with Gasteiger partial charge in [0.2, 0.25) is 5.76 Å². The van der Waals surface area contributed by atoms with Gasteiger partial charge >= 0.3 is 5.97 Å². The van der Waals surface area contributed by atoms with Crippen molar-refractivity contribution in [2.75, 3.05) is 13.1 Å². The molecule has 4 aliphatic rings. The van der Waals surface area contributed by atoms with Crippen LogP contribution in [0.2, 0.25) is 0 Å². The molecule has 0 aromatic carbocycles. The van der Waals surface area contributed by atoms with Gasteiger partial charge in [-0.15, -0.1) is 0 Å². The predicted octanol–water partition coefficient (Wildman–Crippen LogP) is 5.72. The monoisotopic (exact) mass is 550 g/mol. The van der Waals surface area contributed by atoms with Gasteiger partial charge in [0.15, 0.2) is 16.6 Å². The summed E-state index contributed by atoms with van der Waals surface area (Å²) in [6.45, 7) is 7.81. The van der Waals surface area contributed by atoms with Crippen molar-refractivity contribution >= 4 is 28.6 Å². The molecule has 0 aliphatic heterocycles.